The van der Waals surface area contributed by atoms with Gasteiger partial charge in [0.2, 0.25) is 0 Å². The highest BCUT2D eigenvalue weighted by atomic mass is 127. The van der Waals surface area contributed by atoms with Crippen molar-refractivity contribution < 1.29 is 9.13 Å². The van der Waals surface area contributed by atoms with Gasteiger partial charge in [0.1, 0.15) is 5.82 Å². The standard InChI is InChI=1S/C19H31FN4O.HI/c1-5-19(6-2)16(12-17(19)25-8-4)24-18(21-7-3)23-13-15-14(20)10-9-11-22-15;/h9-11,16-17H,5-8,12-13H2,1-4H3,(H2,21,23,24);1H. The Bertz CT molecular complexity index is 580. The van der Waals surface area contributed by atoms with Crippen LogP contribution < -0.4 is 10.6 Å². The van der Waals surface area contributed by atoms with Crippen LogP contribution in [0, 0.1) is 11.2 Å². The monoisotopic (exact) mass is 478 g/mol. The molecule has 2 N–H and O–H groups in total. The van der Waals surface area contributed by atoms with Crippen molar-refractivity contribution in [3.05, 3.63) is 29.8 Å². The summed E-state index contributed by atoms with van der Waals surface area (Å²) in [4.78, 5) is 8.59. The van der Waals surface area contributed by atoms with Crippen LogP contribution in [0.1, 0.15) is 52.7 Å². The molecule has 0 saturated heterocycles. The molecule has 5 nitrogen and oxygen atoms in total. The molecular weight excluding hydrogens is 446 g/mol. The second-order valence-corrected chi connectivity index (χ2v) is 6.44. The smallest absolute Gasteiger partial charge is 0.191 e. The maximum absolute atomic E-state index is 13.7. The zero-order valence-corrected chi connectivity index (χ0v) is 18.5. The highest BCUT2D eigenvalue weighted by Gasteiger charge is 2.53. The molecule has 1 heterocycles. The minimum absolute atomic E-state index is 0. The predicted molar refractivity (Wildman–Crippen MR) is 114 cm³/mol. The van der Waals surface area contributed by atoms with Crippen LogP contribution in [0.4, 0.5) is 4.39 Å². The number of aromatic nitrogens is 1. The van der Waals surface area contributed by atoms with Crippen LogP contribution in [0.2, 0.25) is 0 Å². The minimum Gasteiger partial charge on any atom is -0.378 e. The largest absolute Gasteiger partial charge is 0.378 e. The molecule has 0 spiro atoms. The van der Waals surface area contributed by atoms with Crippen molar-refractivity contribution in [1.82, 2.24) is 15.6 Å². The van der Waals surface area contributed by atoms with Gasteiger partial charge in [-0.2, -0.15) is 0 Å². The van der Waals surface area contributed by atoms with E-state index in [4.69, 9.17) is 4.74 Å². The van der Waals surface area contributed by atoms with Gasteiger partial charge in [0.25, 0.3) is 0 Å². The molecule has 1 fully saturated rings. The maximum Gasteiger partial charge on any atom is 0.191 e. The molecule has 26 heavy (non-hydrogen) atoms. The van der Waals surface area contributed by atoms with E-state index >= 15 is 0 Å². The number of aliphatic imine (C=N–C) groups is 1. The number of guanidine groups is 1. The molecule has 1 aromatic rings. The van der Waals surface area contributed by atoms with Crippen molar-refractivity contribution >= 4 is 29.9 Å². The van der Waals surface area contributed by atoms with Gasteiger partial charge in [-0.05, 0) is 45.2 Å². The molecule has 0 aliphatic heterocycles. The highest BCUT2D eigenvalue weighted by Crippen LogP contribution is 2.48. The fourth-order valence-corrected chi connectivity index (χ4v) is 3.76. The van der Waals surface area contributed by atoms with Crippen LogP contribution in [0.5, 0.6) is 0 Å². The molecule has 2 unspecified atom stereocenters. The van der Waals surface area contributed by atoms with E-state index in [-0.39, 0.29) is 41.8 Å². The van der Waals surface area contributed by atoms with Crippen LogP contribution in [0.3, 0.4) is 0 Å². The molecule has 1 aliphatic rings. The molecule has 0 bridgehead atoms. The summed E-state index contributed by atoms with van der Waals surface area (Å²) >= 11 is 0. The zero-order chi connectivity index (χ0) is 18.3. The van der Waals surface area contributed by atoms with Crippen molar-refractivity contribution in [2.45, 2.75) is 65.6 Å². The fourth-order valence-electron chi connectivity index (χ4n) is 3.76. The van der Waals surface area contributed by atoms with Crippen molar-refractivity contribution in [3.8, 4) is 0 Å². The van der Waals surface area contributed by atoms with Gasteiger partial charge in [-0.3, -0.25) is 4.98 Å². The summed E-state index contributed by atoms with van der Waals surface area (Å²) < 4.78 is 19.7. The number of nitrogens with zero attached hydrogens (tertiary/aromatic N) is 2. The van der Waals surface area contributed by atoms with E-state index in [1.807, 2.05) is 13.8 Å². The van der Waals surface area contributed by atoms with Crippen LogP contribution in [0.15, 0.2) is 23.3 Å². The molecular formula is C19H32FIN4O. The van der Waals surface area contributed by atoms with E-state index in [9.17, 15) is 4.39 Å². The number of halogens is 2. The van der Waals surface area contributed by atoms with Crippen LogP contribution >= 0.6 is 24.0 Å². The number of nitrogens with one attached hydrogen (secondary N) is 2. The van der Waals surface area contributed by atoms with Gasteiger partial charge in [-0.1, -0.05) is 13.8 Å². The van der Waals surface area contributed by atoms with Gasteiger partial charge < -0.3 is 15.4 Å². The van der Waals surface area contributed by atoms with Crippen molar-refractivity contribution in [2.24, 2.45) is 10.4 Å². The summed E-state index contributed by atoms with van der Waals surface area (Å²) in [6.45, 7) is 10.2. The number of hydrogen-bond acceptors (Lipinski definition) is 3. The van der Waals surface area contributed by atoms with Crippen LogP contribution in [0.25, 0.3) is 0 Å². The Morgan fingerprint density at radius 2 is 2.08 bits per heavy atom. The zero-order valence-electron chi connectivity index (χ0n) is 16.2. The Morgan fingerprint density at radius 3 is 2.65 bits per heavy atom. The lowest BCUT2D eigenvalue weighted by molar-refractivity contribution is -0.133. The molecule has 1 saturated carbocycles. The first-order valence-corrected chi connectivity index (χ1v) is 9.37. The van der Waals surface area contributed by atoms with Gasteiger partial charge in [0, 0.05) is 30.8 Å². The average Bonchev–Trinajstić information content (AvgIpc) is 2.61. The third-order valence-electron chi connectivity index (χ3n) is 5.35. The lowest BCUT2D eigenvalue weighted by atomic mass is 9.58. The first-order valence-electron chi connectivity index (χ1n) is 9.37. The van der Waals surface area contributed by atoms with E-state index in [1.54, 1.807) is 12.3 Å². The van der Waals surface area contributed by atoms with E-state index in [0.717, 1.165) is 32.4 Å². The van der Waals surface area contributed by atoms with E-state index < -0.39 is 0 Å². The van der Waals surface area contributed by atoms with E-state index in [1.165, 1.54) is 6.07 Å². The minimum atomic E-state index is -0.321. The lowest BCUT2D eigenvalue weighted by Crippen LogP contribution is -2.65. The SMILES string of the molecule is CCNC(=NCc1ncccc1F)NC1CC(OCC)C1(CC)CC.I. The number of pyridine rings is 1. The Hall–Kier alpha value is -0.960. The maximum atomic E-state index is 13.7. The normalized spacial score (nSPS) is 21.5. The molecule has 148 valence electrons. The summed E-state index contributed by atoms with van der Waals surface area (Å²) in [5.41, 5.74) is 0.486. The topological polar surface area (TPSA) is 58.5 Å². The third-order valence-corrected chi connectivity index (χ3v) is 5.35. The second kappa shape index (κ2) is 11.0. The summed E-state index contributed by atoms with van der Waals surface area (Å²) in [5, 5.41) is 6.79. The van der Waals surface area contributed by atoms with Gasteiger partial charge in [-0.25, -0.2) is 9.38 Å². The van der Waals surface area contributed by atoms with E-state index in [0.29, 0.717) is 23.8 Å². The molecule has 0 aromatic carbocycles. The summed E-state index contributed by atoms with van der Waals surface area (Å²) in [6.07, 6.45) is 4.96. The number of ether oxygens (including phenoxy) is 1. The Labute approximate surface area is 173 Å². The Balaban J connectivity index is 0.00000338. The van der Waals surface area contributed by atoms with Crippen LogP contribution in [-0.2, 0) is 11.3 Å². The molecule has 0 radical (unpaired) electrons. The summed E-state index contributed by atoms with van der Waals surface area (Å²) in [6, 6.07) is 3.31. The Morgan fingerprint density at radius 1 is 1.35 bits per heavy atom. The Kier molecular flexibility index (Phi) is 9.78. The lowest BCUT2D eigenvalue weighted by Gasteiger charge is -2.55. The average molecular weight is 478 g/mol. The van der Waals surface area contributed by atoms with Crippen molar-refractivity contribution in [1.29, 1.82) is 0 Å². The van der Waals surface area contributed by atoms with E-state index in [2.05, 4.69) is 34.5 Å². The number of hydrogen-bond donors (Lipinski definition) is 2. The molecule has 2 rings (SSSR count). The second-order valence-electron chi connectivity index (χ2n) is 6.44. The molecule has 1 aliphatic carbocycles. The fraction of sp³-hybridized carbons (Fsp3) is 0.684. The quantitative estimate of drug-likeness (QED) is 0.338. The molecule has 1 aromatic heterocycles. The van der Waals surface area contributed by atoms with Crippen molar-refractivity contribution in [3.63, 3.8) is 0 Å². The first kappa shape index (κ1) is 23.1. The van der Waals surface area contributed by atoms with Gasteiger partial charge in [-0.15, -0.1) is 24.0 Å². The number of rotatable bonds is 8. The molecule has 0 amide bonds. The first-order chi connectivity index (χ1) is 12.1. The summed E-state index contributed by atoms with van der Waals surface area (Å²) in [5.74, 6) is 0.386. The van der Waals surface area contributed by atoms with Gasteiger partial charge in [0.15, 0.2) is 5.96 Å². The van der Waals surface area contributed by atoms with Gasteiger partial charge in [0.05, 0.1) is 18.3 Å². The predicted octanol–water partition coefficient (Wildman–Crippen LogP) is 3.88. The summed E-state index contributed by atoms with van der Waals surface area (Å²) in [7, 11) is 0. The van der Waals surface area contributed by atoms with Crippen LogP contribution in [-0.4, -0.2) is 36.2 Å². The molecule has 2 atom stereocenters. The third kappa shape index (κ3) is 5.06. The molecule has 7 heteroatoms. The highest BCUT2D eigenvalue weighted by molar-refractivity contribution is 14.0. The van der Waals surface area contributed by atoms with Crippen molar-refractivity contribution in [2.75, 3.05) is 13.2 Å². The van der Waals surface area contributed by atoms with Gasteiger partial charge >= 0.3 is 0 Å².